The van der Waals surface area contributed by atoms with E-state index in [0.717, 1.165) is 22.3 Å². The molecular formula is C24H30N2O4S. The molecule has 0 spiro atoms. The molecule has 0 aromatic heterocycles. The maximum atomic E-state index is 13.3. The van der Waals surface area contributed by atoms with Gasteiger partial charge in [0.1, 0.15) is 12.4 Å². The van der Waals surface area contributed by atoms with Crippen LogP contribution in [0, 0.1) is 33.1 Å². The summed E-state index contributed by atoms with van der Waals surface area (Å²) in [5.41, 5.74) is 3.45. The standard InChI is InChI=1S/C24H30N2O4S/c1-8-11-26-20-13-19(9-10-21(20)30-14-24(6,7)23(26)27)25-31(28,29)22-17(4)15(2)12-16(3)18(22)5/h8-10,12-13,25H,1,11,14H2,2-7H3. The normalized spacial score (nSPS) is 15.7. The van der Waals surface area contributed by atoms with Crippen LogP contribution in [-0.2, 0) is 14.8 Å². The van der Waals surface area contributed by atoms with Gasteiger partial charge in [-0.05, 0) is 82.0 Å². The summed E-state index contributed by atoms with van der Waals surface area (Å²) in [5, 5.41) is 0. The summed E-state index contributed by atoms with van der Waals surface area (Å²) >= 11 is 0. The van der Waals surface area contributed by atoms with Crippen LogP contribution >= 0.6 is 0 Å². The fourth-order valence-corrected chi connectivity index (χ4v) is 5.48. The number of rotatable bonds is 5. The van der Waals surface area contributed by atoms with Crippen LogP contribution in [0.5, 0.6) is 5.75 Å². The lowest BCUT2D eigenvalue weighted by Gasteiger charge is -2.27. The molecule has 0 radical (unpaired) electrons. The molecular weight excluding hydrogens is 412 g/mol. The quantitative estimate of drug-likeness (QED) is 0.684. The third-order valence-corrected chi connectivity index (χ3v) is 7.45. The summed E-state index contributed by atoms with van der Waals surface area (Å²) in [6.07, 6.45) is 1.64. The Balaban J connectivity index is 2.07. The SMILES string of the molecule is C=CCN1C(=O)C(C)(C)COc2ccc(NS(=O)(=O)c3c(C)c(C)cc(C)c3C)cc21. The Hall–Kier alpha value is -2.80. The lowest BCUT2D eigenvalue weighted by atomic mass is 9.93. The van der Waals surface area contributed by atoms with E-state index in [1.807, 2.05) is 47.6 Å². The lowest BCUT2D eigenvalue weighted by molar-refractivity contribution is -0.127. The molecule has 6 nitrogen and oxygen atoms in total. The minimum atomic E-state index is -3.84. The van der Waals surface area contributed by atoms with Crippen LogP contribution in [0.15, 0.2) is 41.8 Å². The summed E-state index contributed by atoms with van der Waals surface area (Å²) < 4.78 is 35.2. The van der Waals surface area contributed by atoms with Gasteiger partial charge < -0.3 is 9.64 Å². The second kappa shape index (κ2) is 8.04. The molecule has 0 saturated heterocycles. The molecule has 2 aromatic rings. The van der Waals surface area contributed by atoms with Crippen LogP contribution in [0.1, 0.15) is 36.1 Å². The highest BCUT2D eigenvalue weighted by Crippen LogP contribution is 2.39. The molecule has 1 heterocycles. The van der Waals surface area contributed by atoms with Crippen LogP contribution in [-0.4, -0.2) is 27.5 Å². The summed E-state index contributed by atoms with van der Waals surface area (Å²) in [7, 11) is -3.84. The Morgan fingerprint density at radius 3 is 2.32 bits per heavy atom. The molecule has 7 heteroatoms. The average molecular weight is 443 g/mol. The molecule has 2 aromatic carbocycles. The van der Waals surface area contributed by atoms with E-state index >= 15 is 0 Å². The fraction of sp³-hybridized carbons (Fsp3) is 0.375. The van der Waals surface area contributed by atoms with E-state index in [2.05, 4.69) is 11.3 Å². The predicted molar refractivity (Wildman–Crippen MR) is 124 cm³/mol. The number of nitrogens with zero attached hydrogens (tertiary/aromatic N) is 1. The summed E-state index contributed by atoms with van der Waals surface area (Å²) in [6.45, 7) is 15.4. The zero-order valence-corrected chi connectivity index (χ0v) is 19.8. The minimum Gasteiger partial charge on any atom is -0.490 e. The second-order valence-electron chi connectivity index (χ2n) is 8.75. The molecule has 0 unspecified atom stereocenters. The summed E-state index contributed by atoms with van der Waals surface area (Å²) in [6, 6.07) is 6.98. The Morgan fingerprint density at radius 2 is 1.74 bits per heavy atom. The van der Waals surface area contributed by atoms with Crippen LogP contribution in [0.2, 0.25) is 0 Å². The molecule has 3 rings (SSSR count). The van der Waals surface area contributed by atoms with Crippen molar-refractivity contribution in [1.29, 1.82) is 0 Å². The van der Waals surface area contributed by atoms with Crippen molar-refractivity contribution in [3.05, 3.63) is 59.2 Å². The number of hydrogen-bond acceptors (Lipinski definition) is 4. The maximum Gasteiger partial charge on any atom is 0.262 e. The number of benzene rings is 2. The third-order valence-electron chi connectivity index (χ3n) is 5.79. The van der Waals surface area contributed by atoms with Gasteiger partial charge >= 0.3 is 0 Å². The maximum absolute atomic E-state index is 13.3. The molecule has 1 aliphatic heterocycles. The predicted octanol–water partition coefficient (Wildman–Crippen LogP) is 4.66. The van der Waals surface area contributed by atoms with Gasteiger partial charge in [0.2, 0.25) is 5.91 Å². The first kappa shape index (κ1) is 22.9. The van der Waals surface area contributed by atoms with Crippen molar-refractivity contribution in [1.82, 2.24) is 0 Å². The van der Waals surface area contributed by atoms with Crippen LogP contribution in [0.3, 0.4) is 0 Å². The number of ether oxygens (including phenoxy) is 1. The highest BCUT2D eigenvalue weighted by atomic mass is 32.2. The van der Waals surface area contributed by atoms with E-state index in [0.29, 0.717) is 23.7 Å². The van der Waals surface area contributed by atoms with E-state index in [1.54, 1.807) is 29.2 Å². The van der Waals surface area contributed by atoms with Gasteiger partial charge in [0.05, 0.1) is 21.7 Å². The van der Waals surface area contributed by atoms with Gasteiger partial charge in [-0.3, -0.25) is 9.52 Å². The van der Waals surface area contributed by atoms with Gasteiger partial charge in [-0.15, -0.1) is 6.58 Å². The van der Waals surface area contributed by atoms with E-state index in [1.165, 1.54) is 0 Å². The van der Waals surface area contributed by atoms with Gasteiger partial charge in [0, 0.05) is 6.54 Å². The number of carbonyl (C=O) groups is 1. The first-order valence-corrected chi connectivity index (χ1v) is 11.7. The summed E-state index contributed by atoms with van der Waals surface area (Å²) in [4.78, 5) is 14.9. The van der Waals surface area contributed by atoms with Gasteiger partial charge in [0.15, 0.2) is 0 Å². The molecule has 0 atom stereocenters. The van der Waals surface area contributed by atoms with Crippen molar-refractivity contribution < 1.29 is 17.9 Å². The van der Waals surface area contributed by atoms with Crippen LogP contribution < -0.4 is 14.4 Å². The van der Waals surface area contributed by atoms with Crippen LogP contribution in [0.25, 0.3) is 0 Å². The Labute approximate surface area is 185 Å². The number of amides is 1. The lowest BCUT2D eigenvalue weighted by Crippen LogP contribution is -2.42. The van der Waals surface area contributed by atoms with Gasteiger partial charge in [-0.2, -0.15) is 0 Å². The molecule has 0 saturated carbocycles. The van der Waals surface area contributed by atoms with Crippen molar-refractivity contribution in [2.45, 2.75) is 46.4 Å². The number of carbonyl (C=O) groups excluding carboxylic acids is 1. The smallest absolute Gasteiger partial charge is 0.262 e. The highest BCUT2D eigenvalue weighted by Gasteiger charge is 2.37. The number of fused-ring (bicyclic) bond motifs is 1. The van der Waals surface area contributed by atoms with E-state index in [-0.39, 0.29) is 17.4 Å². The van der Waals surface area contributed by atoms with E-state index in [9.17, 15) is 13.2 Å². The average Bonchev–Trinajstić information content (AvgIpc) is 2.76. The number of anilines is 2. The summed E-state index contributed by atoms with van der Waals surface area (Å²) in [5.74, 6) is 0.426. The van der Waals surface area contributed by atoms with Gasteiger partial charge in [0.25, 0.3) is 10.0 Å². The number of nitrogens with one attached hydrogen (secondary N) is 1. The molecule has 0 fully saturated rings. The molecule has 1 aliphatic rings. The Bertz CT molecular complexity index is 1140. The highest BCUT2D eigenvalue weighted by molar-refractivity contribution is 7.92. The third kappa shape index (κ3) is 4.19. The zero-order chi connectivity index (χ0) is 23.1. The number of sulfonamides is 1. The molecule has 31 heavy (non-hydrogen) atoms. The fourth-order valence-electron chi connectivity index (χ4n) is 3.81. The van der Waals surface area contributed by atoms with Crippen molar-refractivity contribution >= 4 is 27.3 Å². The Kier molecular flexibility index (Phi) is 5.93. The second-order valence-corrected chi connectivity index (χ2v) is 10.4. The van der Waals surface area contributed by atoms with Crippen molar-refractivity contribution in [3.63, 3.8) is 0 Å². The topological polar surface area (TPSA) is 75.7 Å². The largest absolute Gasteiger partial charge is 0.490 e. The zero-order valence-electron chi connectivity index (χ0n) is 19.0. The Morgan fingerprint density at radius 1 is 1.13 bits per heavy atom. The van der Waals surface area contributed by atoms with Crippen LogP contribution in [0.4, 0.5) is 11.4 Å². The van der Waals surface area contributed by atoms with Gasteiger partial charge in [-0.25, -0.2) is 8.42 Å². The van der Waals surface area contributed by atoms with Gasteiger partial charge in [-0.1, -0.05) is 12.1 Å². The van der Waals surface area contributed by atoms with E-state index in [4.69, 9.17) is 4.74 Å². The van der Waals surface area contributed by atoms with Crippen molar-refractivity contribution in [3.8, 4) is 5.75 Å². The van der Waals surface area contributed by atoms with E-state index < -0.39 is 15.4 Å². The first-order chi connectivity index (χ1) is 14.4. The first-order valence-electron chi connectivity index (χ1n) is 10.2. The molecule has 0 bridgehead atoms. The molecule has 1 N–H and O–H groups in total. The number of hydrogen-bond donors (Lipinski definition) is 1. The van der Waals surface area contributed by atoms with Crippen molar-refractivity contribution in [2.75, 3.05) is 22.8 Å². The van der Waals surface area contributed by atoms with Crippen molar-refractivity contribution in [2.24, 2.45) is 5.41 Å². The molecule has 0 aliphatic carbocycles. The molecule has 166 valence electrons. The minimum absolute atomic E-state index is 0.104. The number of aryl methyl sites for hydroxylation is 2. The monoisotopic (exact) mass is 442 g/mol. The molecule has 1 amide bonds.